The van der Waals surface area contributed by atoms with Gasteiger partial charge in [-0.3, -0.25) is 4.79 Å². The molecule has 2 heterocycles. The van der Waals surface area contributed by atoms with E-state index in [2.05, 4.69) is 10.4 Å². The second kappa shape index (κ2) is 5.76. The van der Waals surface area contributed by atoms with Crippen LogP contribution >= 0.6 is 11.6 Å². The molecule has 0 fully saturated rings. The van der Waals surface area contributed by atoms with Gasteiger partial charge in [-0.05, 0) is 35.9 Å². The molecule has 1 N–H and O–H groups in total. The van der Waals surface area contributed by atoms with Crippen LogP contribution in [0.3, 0.4) is 0 Å². The molecule has 0 bridgehead atoms. The molecule has 6 heteroatoms. The number of amides is 1. The van der Waals surface area contributed by atoms with Crippen molar-refractivity contribution in [2.45, 2.75) is 12.3 Å². The third-order valence-corrected chi connectivity index (χ3v) is 4.36. The van der Waals surface area contributed by atoms with Gasteiger partial charge in [-0.1, -0.05) is 29.8 Å². The molecule has 1 amide bonds. The Bertz CT molecular complexity index is 938. The van der Waals surface area contributed by atoms with Gasteiger partial charge >= 0.3 is 0 Å². The minimum atomic E-state index is -0.356. The molecule has 1 unspecified atom stereocenters. The van der Waals surface area contributed by atoms with Gasteiger partial charge in [0.05, 0.1) is 11.9 Å². The van der Waals surface area contributed by atoms with Crippen molar-refractivity contribution in [2.75, 3.05) is 5.32 Å². The summed E-state index contributed by atoms with van der Waals surface area (Å²) in [5.41, 5.74) is 2.40. The number of hydrogen-bond acceptors (Lipinski definition) is 2. The smallest absolute Gasteiger partial charge is 0.226 e. The van der Waals surface area contributed by atoms with Crippen LogP contribution in [0.25, 0.3) is 5.69 Å². The van der Waals surface area contributed by atoms with Crippen LogP contribution in [0.15, 0.2) is 54.7 Å². The fourth-order valence-electron chi connectivity index (χ4n) is 3.04. The van der Waals surface area contributed by atoms with Crippen LogP contribution in [0.1, 0.15) is 23.5 Å². The summed E-state index contributed by atoms with van der Waals surface area (Å²) in [5.74, 6) is -0.0208. The molecule has 0 aliphatic carbocycles. The van der Waals surface area contributed by atoms with Gasteiger partial charge in [0.1, 0.15) is 11.6 Å². The van der Waals surface area contributed by atoms with Crippen LogP contribution in [-0.2, 0) is 4.79 Å². The number of fused-ring (bicyclic) bond motifs is 1. The Balaban J connectivity index is 1.83. The fourth-order valence-corrected chi connectivity index (χ4v) is 3.24. The van der Waals surface area contributed by atoms with E-state index in [1.165, 1.54) is 12.1 Å². The predicted octanol–water partition coefficient (Wildman–Crippen LogP) is 4.14. The summed E-state index contributed by atoms with van der Waals surface area (Å²) in [6, 6.07) is 13.6. The molecule has 1 aliphatic rings. The van der Waals surface area contributed by atoms with E-state index in [1.54, 1.807) is 29.1 Å². The highest BCUT2D eigenvalue weighted by atomic mass is 35.5. The molecule has 1 aromatic heterocycles. The maximum atomic E-state index is 13.5. The summed E-state index contributed by atoms with van der Waals surface area (Å²) in [5, 5.41) is 7.81. The monoisotopic (exact) mass is 341 g/mol. The Morgan fingerprint density at radius 2 is 2.04 bits per heavy atom. The maximum Gasteiger partial charge on any atom is 0.226 e. The van der Waals surface area contributed by atoms with Crippen LogP contribution in [0.5, 0.6) is 0 Å². The van der Waals surface area contributed by atoms with E-state index >= 15 is 0 Å². The van der Waals surface area contributed by atoms with Crippen molar-refractivity contribution in [3.05, 3.63) is 76.7 Å². The van der Waals surface area contributed by atoms with Gasteiger partial charge in [0.2, 0.25) is 5.91 Å². The van der Waals surface area contributed by atoms with Gasteiger partial charge in [-0.15, -0.1) is 0 Å². The number of nitrogens with zero attached hydrogens (tertiary/aromatic N) is 2. The van der Waals surface area contributed by atoms with Gasteiger partial charge in [-0.2, -0.15) is 5.10 Å². The molecule has 0 radical (unpaired) electrons. The summed E-state index contributed by atoms with van der Waals surface area (Å²) < 4.78 is 15.1. The van der Waals surface area contributed by atoms with Crippen molar-refractivity contribution in [1.29, 1.82) is 0 Å². The standard InChI is InChI=1S/C18H13ClFN3O/c19-12-4-1-3-11(7-12)15-9-17(24)22-18-16(15)10-21-23(18)14-6-2-5-13(20)8-14/h1-8,10,15H,9H2,(H,22,24). The van der Waals surface area contributed by atoms with Gasteiger partial charge in [0.15, 0.2) is 0 Å². The van der Waals surface area contributed by atoms with Gasteiger partial charge in [0.25, 0.3) is 0 Å². The molecule has 0 spiro atoms. The third-order valence-electron chi connectivity index (χ3n) is 4.12. The lowest BCUT2D eigenvalue weighted by molar-refractivity contribution is -0.116. The molecular formula is C18H13ClFN3O. The third kappa shape index (κ3) is 2.57. The first kappa shape index (κ1) is 14.9. The highest BCUT2D eigenvalue weighted by Gasteiger charge is 2.30. The van der Waals surface area contributed by atoms with Crippen molar-refractivity contribution in [1.82, 2.24) is 9.78 Å². The van der Waals surface area contributed by atoms with E-state index in [4.69, 9.17) is 11.6 Å². The number of nitrogens with one attached hydrogen (secondary N) is 1. The second-order valence-corrected chi connectivity index (χ2v) is 6.14. The SMILES string of the molecule is O=C1CC(c2cccc(Cl)c2)c2cnn(-c3cccc(F)c3)c2N1. The molecule has 0 saturated heterocycles. The van der Waals surface area contributed by atoms with Crippen LogP contribution in [0.2, 0.25) is 5.02 Å². The van der Waals surface area contributed by atoms with Crippen molar-refractivity contribution in [2.24, 2.45) is 0 Å². The predicted molar refractivity (Wildman–Crippen MR) is 90.1 cm³/mol. The molecule has 4 nitrogen and oxygen atoms in total. The number of carbonyl (C=O) groups is 1. The number of carbonyl (C=O) groups excluding carboxylic acids is 1. The molecule has 1 atom stereocenters. The second-order valence-electron chi connectivity index (χ2n) is 5.70. The molecule has 2 aromatic carbocycles. The lowest BCUT2D eigenvalue weighted by atomic mass is 9.87. The van der Waals surface area contributed by atoms with Crippen LogP contribution in [-0.4, -0.2) is 15.7 Å². The topological polar surface area (TPSA) is 46.9 Å². The molecule has 120 valence electrons. The number of rotatable bonds is 2. The molecule has 0 saturated carbocycles. The first-order valence-corrected chi connectivity index (χ1v) is 7.89. The van der Waals surface area contributed by atoms with Gasteiger partial charge < -0.3 is 5.32 Å². The zero-order valence-corrected chi connectivity index (χ0v) is 13.3. The molecule has 3 aromatic rings. The summed E-state index contributed by atoms with van der Waals surface area (Å²) >= 11 is 6.08. The molecule has 1 aliphatic heterocycles. The summed E-state index contributed by atoms with van der Waals surface area (Å²) in [4.78, 5) is 12.2. The number of benzene rings is 2. The Hall–Kier alpha value is -2.66. The summed E-state index contributed by atoms with van der Waals surface area (Å²) in [7, 11) is 0. The summed E-state index contributed by atoms with van der Waals surface area (Å²) in [6.45, 7) is 0. The minimum absolute atomic E-state index is 0.106. The fraction of sp³-hybridized carbons (Fsp3) is 0.111. The first-order valence-electron chi connectivity index (χ1n) is 7.51. The van der Waals surface area contributed by atoms with Crippen LogP contribution in [0.4, 0.5) is 10.2 Å². The largest absolute Gasteiger partial charge is 0.310 e. The lowest BCUT2D eigenvalue weighted by Crippen LogP contribution is -2.24. The minimum Gasteiger partial charge on any atom is -0.310 e. The van der Waals surface area contributed by atoms with Crippen LogP contribution in [0, 0.1) is 5.82 Å². The Labute approximate surface area is 142 Å². The molecular weight excluding hydrogens is 329 g/mol. The zero-order chi connectivity index (χ0) is 16.7. The normalized spacial score (nSPS) is 16.6. The van der Waals surface area contributed by atoms with Crippen molar-refractivity contribution in [3.63, 3.8) is 0 Å². The van der Waals surface area contributed by atoms with E-state index in [-0.39, 0.29) is 17.6 Å². The average molecular weight is 342 g/mol. The maximum absolute atomic E-state index is 13.5. The summed E-state index contributed by atoms with van der Waals surface area (Å²) in [6.07, 6.45) is 2.04. The number of halogens is 2. The van der Waals surface area contributed by atoms with Gasteiger partial charge in [0, 0.05) is 22.9 Å². The average Bonchev–Trinajstić information content (AvgIpc) is 2.97. The number of anilines is 1. The quantitative estimate of drug-likeness (QED) is 0.761. The molecule has 4 rings (SSSR count). The highest BCUT2D eigenvalue weighted by molar-refractivity contribution is 6.30. The van der Waals surface area contributed by atoms with E-state index in [0.29, 0.717) is 22.9 Å². The number of aromatic nitrogens is 2. The zero-order valence-electron chi connectivity index (χ0n) is 12.5. The van der Waals surface area contributed by atoms with Crippen molar-refractivity contribution < 1.29 is 9.18 Å². The van der Waals surface area contributed by atoms with E-state index < -0.39 is 0 Å². The van der Waals surface area contributed by atoms with Crippen molar-refractivity contribution in [3.8, 4) is 5.69 Å². The Kier molecular flexibility index (Phi) is 3.58. The van der Waals surface area contributed by atoms with E-state index in [1.807, 2.05) is 18.2 Å². The van der Waals surface area contributed by atoms with E-state index in [9.17, 15) is 9.18 Å². The van der Waals surface area contributed by atoms with Crippen LogP contribution < -0.4 is 5.32 Å². The highest BCUT2D eigenvalue weighted by Crippen LogP contribution is 2.38. The Morgan fingerprint density at radius 3 is 2.83 bits per heavy atom. The van der Waals surface area contributed by atoms with Crippen molar-refractivity contribution >= 4 is 23.3 Å². The lowest BCUT2D eigenvalue weighted by Gasteiger charge is -2.24. The molecule has 24 heavy (non-hydrogen) atoms. The Morgan fingerprint density at radius 1 is 1.21 bits per heavy atom. The van der Waals surface area contributed by atoms with Gasteiger partial charge in [-0.25, -0.2) is 9.07 Å². The first-order chi connectivity index (χ1) is 11.6. The van der Waals surface area contributed by atoms with E-state index in [0.717, 1.165) is 11.1 Å². The number of hydrogen-bond donors (Lipinski definition) is 1.